The number of rotatable bonds is 22. The first kappa shape index (κ1) is 52.7. The number of hydrogen-bond donors (Lipinski definition) is 5. The van der Waals surface area contributed by atoms with E-state index in [-0.39, 0.29) is 38.4 Å². The molecule has 1 aromatic rings. The lowest BCUT2D eigenvalue weighted by Crippen LogP contribution is -2.54. The largest absolute Gasteiger partial charge is 0.395 e. The second-order valence-corrected chi connectivity index (χ2v) is 14.0. The third kappa shape index (κ3) is 26.3. The molecule has 1 heterocycles. The summed E-state index contributed by atoms with van der Waals surface area (Å²) in [4.78, 5) is 76.9. The standard InChI is InChI=1S/C31H51N5O7.C6H12.C6H6.C2H6/c1-4-7-9-10-11-15-23(14-8-5-2)20-26(38)33-22-28(40)36-18-12-16-25(36)30(42)35-24(13-6-3)29(41)31(43)34-21-27(39)32-17-19-37;2*1-2-4-6-5-3-1;1-2/h5,15,24-25,37H,2,4,6-14,16-22H2,1,3H3,(H,32,39)(H,33,38)(H,34,43)(H,35,42);1-6H2;1-6H;1-2H3/b23-15+;;;. The van der Waals surface area contributed by atoms with Crippen molar-refractivity contribution in [3.8, 4) is 0 Å². The van der Waals surface area contributed by atoms with Gasteiger partial charge in [-0.3, -0.25) is 28.8 Å². The Balaban J connectivity index is 0.00000186. The third-order valence-corrected chi connectivity index (χ3v) is 9.30. The number of allylic oxidation sites excluding steroid dienone is 2. The second kappa shape index (κ2) is 36.0. The van der Waals surface area contributed by atoms with Crippen molar-refractivity contribution in [3.05, 3.63) is 60.7 Å². The molecule has 1 saturated carbocycles. The first-order valence-corrected chi connectivity index (χ1v) is 21.5. The van der Waals surface area contributed by atoms with Crippen LogP contribution in [0.4, 0.5) is 0 Å². The van der Waals surface area contributed by atoms with E-state index in [4.69, 9.17) is 5.11 Å². The van der Waals surface area contributed by atoms with Crippen LogP contribution in [0.25, 0.3) is 0 Å². The van der Waals surface area contributed by atoms with Crippen LogP contribution in [0.5, 0.6) is 0 Å². The first-order chi connectivity index (χ1) is 27.7. The van der Waals surface area contributed by atoms with Crippen molar-refractivity contribution in [3.63, 3.8) is 0 Å². The molecule has 2 unspecified atom stereocenters. The summed E-state index contributed by atoms with van der Waals surface area (Å²) >= 11 is 0. The molecular weight excluding hydrogens is 723 g/mol. The molecule has 2 atom stereocenters. The summed E-state index contributed by atoms with van der Waals surface area (Å²) in [6, 6.07) is 10.1. The summed E-state index contributed by atoms with van der Waals surface area (Å²) in [6.45, 7) is 11.1. The Labute approximate surface area is 343 Å². The van der Waals surface area contributed by atoms with Gasteiger partial charge in [-0.1, -0.05) is 146 Å². The highest BCUT2D eigenvalue weighted by atomic mass is 16.3. The predicted molar refractivity (Wildman–Crippen MR) is 229 cm³/mol. The van der Waals surface area contributed by atoms with E-state index in [2.05, 4.69) is 40.8 Å². The Bertz CT molecular complexity index is 1260. The highest BCUT2D eigenvalue weighted by Gasteiger charge is 2.36. The van der Waals surface area contributed by atoms with E-state index in [9.17, 15) is 28.8 Å². The number of unbranched alkanes of at least 4 members (excludes halogenated alkanes) is 4. The van der Waals surface area contributed by atoms with Crippen LogP contribution in [0.3, 0.4) is 0 Å². The Morgan fingerprint density at radius 2 is 1.39 bits per heavy atom. The Kier molecular flexibility index (Phi) is 33.3. The van der Waals surface area contributed by atoms with E-state index in [0.29, 0.717) is 25.8 Å². The Hall–Kier alpha value is -4.32. The van der Waals surface area contributed by atoms with Crippen LogP contribution >= 0.6 is 0 Å². The number of nitrogens with one attached hydrogen (secondary N) is 4. The van der Waals surface area contributed by atoms with Gasteiger partial charge in [-0.15, -0.1) is 6.58 Å². The molecule has 0 aromatic heterocycles. The van der Waals surface area contributed by atoms with Crippen LogP contribution in [-0.2, 0) is 28.8 Å². The van der Waals surface area contributed by atoms with Crippen molar-refractivity contribution >= 4 is 35.3 Å². The molecule has 0 spiro atoms. The van der Waals surface area contributed by atoms with Gasteiger partial charge in [0.05, 0.1) is 25.7 Å². The summed E-state index contributed by atoms with van der Waals surface area (Å²) in [5, 5.41) is 18.6. The minimum atomic E-state index is -1.11. The molecule has 12 nitrogen and oxygen atoms in total. The lowest BCUT2D eigenvalue weighted by atomic mass is 10.0. The molecule has 57 heavy (non-hydrogen) atoms. The maximum absolute atomic E-state index is 13.1. The second-order valence-electron chi connectivity index (χ2n) is 14.0. The number of amides is 5. The summed E-state index contributed by atoms with van der Waals surface area (Å²) in [6.07, 6.45) is 21.8. The summed E-state index contributed by atoms with van der Waals surface area (Å²) in [5.74, 6) is -3.67. The van der Waals surface area contributed by atoms with Crippen LogP contribution in [0.2, 0.25) is 0 Å². The third-order valence-electron chi connectivity index (χ3n) is 9.30. The molecule has 3 rings (SSSR count). The van der Waals surface area contributed by atoms with Gasteiger partial charge in [0.1, 0.15) is 6.04 Å². The number of nitrogens with zero attached hydrogens (tertiary/aromatic N) is 1. The number of likely N-dealkylation sites (tertiary alicyclic amines) is 1. The number of benzene rings is 1. The molecule has 1 aliphatic heterocycles. The highest BCUT2D eigenvalue weighted by molar-refractivity contribution is 6.38. The highest BCUT2D eigenvalue weighted by Crippen LogP contribution is 2.19. The molecule has 1 aromatic carbocycles. The van der Waals surface area contributed by atoms with E-state index >= 15 is 0 Å². The van der Waals surface area contributed by atoms with Crippen molar-refractivity contribution in [1.29, 1.82) is 0 Å². The molecule has 5 N–H and O–H groups in total. The fraction of sp³-hybridized carbons (Fsp3) is 0.644. The number of carbonyl (C=O) groups is 6. The van der Waals surface area contributed by atoms with E-state index in [0.717, 1.165) is 44.1 Å². The first-order valence-electron chi connectivity index (χ1n) is 21.5. The van der Waals surface area contributed by atoms with Gasteiger partial charge >= 0.3 is 0 Å². The number of ketones is 1. The van der Waals surface area contributed by atoms with Crippen molar-refractivity contribution in [2.75, 3.05) is 32.8 Å². The van der Waals surface area contributed by atoms with Gasteiger partial charge in [-0.25, -0.2) is 0 Å². The van der Waals surface area contributed by atoms with Gasteiger partial charge in [0, 0.05) is 19.5 Å². The van der Waals surface area contributed by atoms with E-state index < -0.39 is 48.0 Å². The molecule has 1 aliphatic carbocycles. The smallest absolute Gasteiger partial charge is 0.290 e. The zero-order chi connectivity index (χ0) is 42.5. The molecule has 5 amide bonds. The van der Waals surface area contributed by atoms with Gasteiger partial charge in [0.2, 0.25) is 29.4 Å². The van der Waals surface area contributed by atoms with Gasteiger partial charge in [-0.2, -0.15) is 0 Å². The van der Waals surface area contributed by atoms with E-state index in [1.165, 1.54) is 49.8 Å². The molecule has 2 aliphatic rings. The topological polar surface area (TPSA) is 174 Å². The Morgan fingerprint density at radius 3 is 1.93 bits per heavy atom. The minimum Gasteiger partial charge on any atom is -0.395 e. The lowest BCUT2D eigenvalue weighted by molar-refractivity contribution is -0.142. The maximum atomic E-state index is 13.1. The maximum Gasteiger partial charge on any atom is 0.290 e. The number of aliphatic hydroxyl groups is 1. The molecule has 322 valence electrons. The van der Waals surface area contributed by atoms with Gasteiger partial charge < -0.3 is 31.3 Å². The summed E-state index contributed by atoms with van der Waals surface area (Å²) in [7, 11) is 0. The number of aliphatic hydroxyl groups excluding tert-OH is 1. The van der Waals surface area contributed by atoms with Crippen molar-refractivity contribution in [2.45, 2.75) is 155 Å². The van der Waals surface area contributed by atoms with Crippen LogP contribution in [-0.4, -0.2) is 90.2 Å². The van der Waals surface area contributed by atoms with Gasteiger partial charge in [0.15, 0.2) is 0 Å². The van der Waals surface area contributed by atoms with Crippen LogP contribution < -0.4 is 21.3 Å². The average Bonchev–Trinajstić information content (AvgIpc) is 3.75. The number of hydrogen-bond acceptors (Lipinski definition) is 7. The predicted octanol–water partition coefficient (Wildman–Crippen LogP) is 6.48. The van der Waals surface area contributed by atoms with Crippen LogP contribution in [0, 0.1) is 0 Å². The van der Waals surface area contributed by atoms with Crippen molar-refractivity contribution < 1.29 is 33.9 Å². The van der Waals surface area contributed by atoms with Gasteiger partial charge in [0.25, 0.3) is 5.91 Å². The minimum absolute atomic E-state index is 0.0183. The zero-order valence-electron chi connectivity index (χ0n) is 35.6. The summed E-state index contributed by atoms with van der Waals surface area (Å²) in [5.41, 5.74) is 1.02. The number of carbonyl (C=O) groups excluding carboxylic acids is 6. The SMILES string of the molecule is C1CCCCC1.C=CCC/C(=C\CCCCCC)CC(=O)NCC(=O)N1CCCC1C(=O)NC(CCC)C(=O)C(=O)NCC(=O)NCCO.CC.c1ccccc1. The average molecular weight is 798 g/mol. The fourth-order valence-electron chi connectivity index (χ4n) is 6.24. The normalized spacial score (nSPS) is 15.1. The van der Waals surface area contributed by atoms with Gasteiger partial charge in [-0.05, 0) is 44.9 Å². The summed E-state index contributed by atoms with van der Waals surface area (Å²) < 4.78 is 0. The lowest BCUT2D eigenvalue weighted by Gasteiger charge is -2.26. The van der Waals surface area contributed by atoms with E-state index in [1.807, 2.05) is 56.3 Å². The van der Waals surface area contributed by atoms with Crippen LogP contribution in [0.1, 0.15) is 143 Å². The monoisotopic (exact) mass is 798 g/mol. The molecule has 0 bridgehead atoms. The molecule has 2 fully saturated rings. The molecule has 0 radical (unpaired) electrons. The number of Topliss-reactive ketones (excluding diaryl/α,β-unsaturated/α-hetero) is 1. The molecule has 1 saturated heterocycles. The molecular formula is C45H75N5O7. The van der Waals surface area contributed by atoms with Crippen LogP contribution in [0.15, 0.2) is 60.7 Å². The van der Waals surface area contributed by atoms with E-state index in [1.54, 1.807) is 6.92 Å². The zero-order valence-corrected chi connectivity index (χ0v) is 35.6. The fourth-order valence-corrected chi connectivity index (χ4v) is 6.24. The molecule has 12 heteroatoms. The quantitative estimate of drug-likeness (QED) is 0.0508. The van der Waals surface area contributed by atoms with Crippen molar-refractivity contribution in [2.24, 2.45) is 0 Å². The van der Waals surface area contributed by atoms with Crippen molar-refractivity contribution in [1.82, 2.24) is 26.2 Å². The Morgan fingerprint density at radius 1 is 0.772 bits per heavy atom.